The van der Waals surface area contributed by atoms with Crippen molar-refractivity contribution in [3.63, 3.8) is 0 Å². The van der Waals surface area contributed by atoms with Crippen molar-refractivity contribution in [3.05, 3.63) is 42.5 Å². The molecule has 0 bridgehead atoms. The minimum Gasteiger partial charge on any atom is -0.481 e. The maximum absolute atomic E-state index is 11.4. The van der Waals surface area contributed by atoms with Gasteiger partial charge in [-0.05, 0) is 11.5 Å². The van der Waals surface area contributed by atoms with Crippen molar-refractivity contribution in [3.8, 4) is 0 Å². The summed E-state index contributed by atoms with van der Waals surface area (Å²) in [6, 6.07) is 13.1. The fourth-order valence-corrected chi connectivity index (χ4v) is 1.67. The zero-order valence-electron chi connectivity index (χ0n) is 9.01. The molecule has 0 heterocycles. The summed E-state index contributed by atoms with van der Waals surface area (Å²) in [5.74, 6) is -1.66. The molecule has 0 atom stereocenters. The van der Waals surface area contributed by atoms with Crippen LogP contribution in [0.15, 0.2) is 42.5 Å². The number of anilines is 1. The van der Waals surface area contributed by atoms with Crippen LogP contribution in [0.2, 0.25) is 0 Å². The van der Waals surface area contributed by atoms with Crippen LogP contribution in [0.1, 0.15) is 6.42 Å². The first-order chi connectivity index (χ1) is 8.16. The van der Waals surface area contributed by atoms with E-state index in [1.807, 2.05) is 36.4 Å². The molecule has 4 nitrogen and oxygen atoms in total. The molecule has 0 aliphatic heterocycles. The van der Waals surface area contributed by atoms with E-state index in [1.165, 1.54) is 0 Å². The first kappa shape index (κ1) is 11.1. The topological polar surface area (TPSA) is 66.4 Å². The Labute approximate surface area is 97.9 Å². The van der Waals surface area contributed by atoms with Crippen LogP contribution in [0.5, 0.6) is 0 Å². The Kier molecular flexibility index (Phi) is 3.05. The summed E-state index contributed by atoms with van der Waals surface area (Å²) in [4.78, 5) is 21.8. The Bertz CT molecular complexity index is 572. The van der Waals surface area contributed by atoms with E-state index in [0.29, 0.717) is 5.69 Å². The molecule has 4 heteroatoms. The van der Waals surface area contributed by atoms with Gasteiger partial charge in [0, 0.05) is 11.1 Å². The molecule has 0 aliphatic rings. The van der Waals surface area contributed by atoms with Crippen molar-refractivity contribution in [2.24, 2.45) is 0 Å². The molecule has 0 saturated carbocycles. The number of carbonyl (C=O) groups excluding carboxylic acids is 1. The molecular formula is C13H11NO3. The second-order valence-corrected chi connectivity index (χ2v) is 3.65. The Balaban J connectivity index is 2.30. The average Bonchev–Trinajstić information content (AvgIpc) is 2.28. The molecule has 0 aliphatic carbocycles. The van der Waals surface area contributed by atoms with Gasteiger partial charge in [-0.15, -0.1) is 0 Å². The third-order valence-electron chi connectivity index (χ3n) is 2.38. The van der Waals surface area contributed by atoms with Crippen LogP contribution in [0.4, 0.5) is 5.69 Å². The number of carbonyl (C=O) groups is 2. The lowest BCUT2D eigenvalue weighted by Gasteiger charge is -2.07. The number of carboxylic acid groups (broad SMARTS) is 1. The van der Waals surface area contributed by atoms with Gasteiger partial charge in [-0.2, -0.15) is 0 Å². The van der Waals surface area contributed by atoms with Gasteiger partial charge in [0.05, 0.1) is 0 Å². The second kappa shape index (κ2) is 4.65. The van der Waals surface area contributed by atoms with Crippen LogP contribution in [-0.2, 0) is 9.59 Å². The van der Waals surface area contributed by atoms with Gasteiger partial charge in [-0.25, -0.2) is 0 Å². The molecule has 2 aromatic carbocycles. The third-order valence-corrected chi connectivity index (χ3v) is 2.38. The van der Waals surface area contributed by atoms with Crippen LogP contribution >= 0.6 is 0 Å². The van der Waals surface area contributed by atoms with E-state index in [0.717, 1.165) is 10.8 Å². The van der Waals surface area contributed by atoms with Gasteiger partial charge < -0.3 is 10.4 Å². The number of nitrogens with one attached hydrogen (secondary N) is 1. The minimum absolute atomic E-state index is 0.520. The van der Waals surface area contributed by atoms with Gasteiger partial charge in [0.25, 0.3) is 0 Å². The van der Waals surface area contributed by atoms with Gasteiger partial charge >= 0.3 is 5.97 Å². The SMILES string of the molecule is O=C(O)CC(=O)Nc1cccc2ccccc12. The highest BCUT2D eigenvalue weighted by Crippen LogP contribution is 2.22. The number of hydrogen-bond acceptors (Lipinski definition) is 2. The Morgan fingerprint density at radius 3 is 2.53 bits per heavy atom. The van der Waals surface area contributed by atoms with Crippen molar-refractivity contribution in [1.29, 1.82) is 0 Å². The highest BCUT2D eigenvalue weighted by molar-refractivity contribution is 6.06. The Morgan fingerprint density at radius 1 is 1.06 bits per heavy atom. The summed E-state index contributed by atoms with van der Waals surface area (Å²) in [7, 11) is 0. The lowest BCUT2D eigenvalue weighted by molar-refractivity contribution is -0.139. The third kappa shape index (κ3) is 2.60. The van der Waals surface area contributed by atoms with E-state index in [-0.39, 0.29) is 0 Å². The molecule has 1 amide bonds. The van der Waals surface area contributed by atoms with Crippen LogP contribution in [-0.4, -0.2) is 17.0 Å². The van der Waals surface area contributed by atoms with Gasteiger partial charge in [0.15, 0.2) is 0 Å². The molecule has 2 N–H and O–H groups in total. The van der Waals surface area contributed by atoms with Crippen LogP contribution < -0.4 is 5.32 Å². The number of benzene rings is 2. The molecule has 0 radical (unpaired) electrons. The van der Waals surface area contributed by atoms with Crippen LogP contribution in [0, 0.1) is 0 Å². The molecule has 0 saturated heterocycles. The zero-order chi connectivity index (χ0) is 12.3. The maximum atomic E-state index is 11.4. The number of amides is 1. The van der Waals surface area contributed by atoms with Crippen molar-refractivity contribution >= 4 is 28.3 Å². The maximum Gasteiger partial charge on any atom is 0.312 e. The largest absolute Gasteiger partial charge is 0.481 e. The Morgan fingerprint density at radius 2 is 1.76 bits per heavy atom. The van der Waals surface area contributed by atoms with E-state index in [2.05, 4.69) is 5.32 Å². The average molecular weight is 229 g/mol. The van der Waals surface area contributed by atoms with Crippen LogP contribution in [0.25, 0.3) is 10.8 Å². The van der Waals surface area contributed by atoms with Crippen LogP contribution in [0.3, 0.4) is 0 Å². The zero-order valence-corrected chi connectivity index (χ0v) is 9.01. The van der Waals surface area contributed by atoms with Crippen molar-refractivity contribution in [2.45, 2.75) is 6.42 Å². The summed E-state index contributed by atoms with van der Waals surface area (Å²) < 4.78 is 0. The first-order valence-electron chi connectivity index (χ1n) is 5.16. The van der Waals surface area contributed by atoms with Gasteiger partial charge in [-0.1, -0.05) is 36.4 Å². The summed E-state index contributed by atoms with van der Waals surface area (Å²) in [5.41, 5.74) is 0.634. The fraction of sp³-hybridized carbons (Fsp3) is 0.0769. The second-order valence-electron chi connectivity index (χ2n) is 3.65. The van der Waals surface area contributed by atoms with Crippen molar-refractivity contribution in [1.82, 2.24) is 0 Å². The number of fused-ring (bicyclic) bond motifs is 1. The lowest BCUT2D eigenvalue weighted by Crippen LogP contribution is -2.15. The summed E-state index contributed by atoms with van der Waals surface area (Å²) >= 11 is 0. The lowest BCUT2D eigenvalue weighted by atomic mass is 10.1. The number of aliphatic carboxylic acids is 1. The van der Waals surface area contributed by atoms with E-state index < -0.39 is 18.3 Å². The minimum atomic E-state index is -1.14. The van der Waals surface area contributed by atoms with E-state index in [1.54, 1.807) is 6.07 Å². The molecule has 2 rings (SSSR count). The predicted molar refractivity (Wildman–Crippen MR) is 64.8 cm³/mol. The predicted octanol–water partition coefficient (Wildman–Crippen LogP) is 2.25. The molecule has 0 unspecified atom stereocenters. The molecule has 17 heavy (non-hydrogen) atoms. The quantitative estimate of drug-likeness (QED) is 0.793. The van der Waals surface area contributed by atoms with Gasteiger partial charge in [-0.3, -0.25) is 9.59 Å². The Hall–Kier alpha value is -2.36. The molecule has 86 valence electrons. The number of carboxylic acids is 1. The summed E-state index contributed by atoms with van der Waals surface area (Å²) in [5, 5.41) is 13.0. The molecular weight excluding hydrogens is 218 g/mol. The van der Waals surface area contributed by atoms with Gasteiger partial charge in [0.1, 0.15) is 6.42 Å². The standard InChI is InChI=1S/C13H11NO3/c15-12(8-13(16)17)14-11-7-3-5-9-4-1-2-6-10(9)11/h1-7H,8H2,(H,14,15)(H,16,17). The monoisotopic (exact) mass is 229 g/mol. The molecule has 0 fully saturated rings. The molecule has 0 aromatic heterocycles. The molecule has 0 spiro atoms. The highest BCUT2D eigenvalue weighted by Gasteiger charge is 2.09. The first-order valence-corrected chi connectivity index (χ1v) is 5.16. The fourth-order valence-electron chi connectivity index (χ4n) is 1.67. The smallest absolute Gasteiger partial charge is 0.312 e. The van der Waals surface area contributed by atoms with Gasteiger partial charge in [0.2, 0.25) is 5.91 Å². The van der Waals surface area contributed by atoms with Crippen molar-refractivity contribution in [2.75, 3.05) is 5.32 Å². The van der Waals surface area contributed by atoms with E-state index in [4.69, 9.17) is 5.11 Å². The van der Waals surface area contributed by atoms with Crippen molar-refractivity contribution < 1.29 is 14.7 Å². The highest BCUT2D eigenvalue weighted by atomic mass is 16.4. The summed E-state index contributed by atoms with van der Waals surface area (Å²) in [6.07, 6.45) is -0.525. The number of hydrogen-bond donors (Lipinski definition) is 2. The number of rotatable bonds is 3. The van der Waals surface area contributed by atoms with E-state index in [9.17, 15) is 9.59 Å². The normalized spacial score (nSPS) is 10.1. The molecule has 2 aromatic rings. The van der Waals surface area contributed by atoms with E-state index >= 15 is 0 Å². The summed E-state index contributed by atoms with van der Waals surface area (Å²) in [6.45, 7) is 0.